The Kier molecular flexibility index (Phi) is 6.97. The van der Waals surface area contributed by atoms with Crippen molar-refractivity contribution in [2.24, 2.45) is 5.41 Å². The average Bonchev–Trinajstić information content (AvgIpc) is 2.64. The van der Waals surface area contributed by atoms with Crippen LogP contribution in [0.4, 0.5) is 32.3 Å². The van der Waals surface area contributed by atoms with Crippen molar-refractivity contribution < 1.29 is 36.2 Å². The van der Waals surface area contributed by atoms with Crippen LogP contribution in [0.2, 0.25) is 0 Å². The van der Waals surface area contributed by atoms with E-state index < -0.39 is 24.0 Å². The molecular formula is C17H22F6N4O2. The minimum atomic E-state index is -5.08. The summed E-state index contributed by atoms with van der Waals surface area (Å²) in [4.78, 5) is 21.0. The molecule has 0 aromatic carbocycles. The summed E-state index contributed by atoms with van der Waals surface area (Å²) in [6.07, 6.45) is -3.96. The van der Waals surface area contributed by atoms with E-state index in [-0.39, 0.29) is 11.4 Å². The molecule has 0 unspecified atom stereocenters. The number of rotatable bonds is 1. The molecule has 1 N–H and O–H groups in total. The lowest BCUT2D eigenvalue weighted by Crippen LogP contribution is -2.49. The van der Waals surface area contributed by atoms with Crippen molar-refractivity contribution in [1.29, 1.82) is 0 Å². The van der Waals surface area contributed by atoms with Gasteiger partial charge in [0, 0.05) is 19.3 Å². The quantitative estimate of drug-likeness (QED) is 0.692. The van der Waals surface area contributed by atoms with Crippen LogP contribution < -0.4 is 4.90 Å². The number of halogens is 6. The fourth-order valence-corrected chi connectivity index (χ4v) is 3.54. The monoisotopic (exact) mass is 428 g/mol. The molecule has 3 heterocycles. The Balaban J connectivity index is 0.000000370. The van der Waals surface area contributed by atoms with Gasteiger partial charge in [-0.25, -0.2) is 14.8 Å². The minimum absolute atomic E-state index is 0.211. The van der Waals surface area contributed by atoms with Gasteiger partial charge in [0.25, 0.3) is 0 Å². The van der Waals surface area contributed by atoms with Crippen LogP contribution in [0, 0.1) is 5.41 Å². The summed E-state index contributed by atoms with van der Waals surface area (Å²) >= 11 is 0. The van der Waals surface area contributed by atoms with Gasteiger partial charge < -0.3 is 14.9 Å². The van der Waals surface area contributed by atoms with Crippen molar-refractivity contribution in [2.75, 3.05) is 38.1 Å². The SMILES string of the molecule is CN1CCC2(CCCN(c3nccc(C(F)(F)F)n3)C2)CC1.O=C(O)C(F)(F)F. The van der Waals surface area contributed by atoms with Crippen LogP contribution in [-0.2, 0) is 11.0 Å². The molecule has 0 aliphatic carbocycles. The standard InChI is InChI=1S/C15H21F3N4.C2HF3O2/c1-21-9-5-14(6-10-21)4-2-8-22(11-14)13-19-7-3-12(20-13)15(16,17)18;3-2(4,5)1(6)7/h3,7H,2,4-6,8-11H2,1H3;(H,6,7). The van der Waals surface area contributed by atoms with Crippen LogP contribution in [0.5, 0.6) is 0 Å². The number of anilines is 1. The smallest absolute Gasteiger partial charge is 0.475 e. The molecular weight excluding hydrogens is 406 g/mol. The fraction of sp³-hybridized carbons (Fsp3) is 0.706. The number of alkyl halides is 6. The van der Waals surface area contributed by atoms with E-state index in [1.165, 1.54) is 6.20 Å². The van der Waals surface area contributed by atoms with Crippen LogP contribution in [0.1, 0.15) is 31.4 Å². The summed E-state index contributed by atoms with van der Waals surface area (Å²) < 4.78 is 70.2. The lowest BCUT2D eigenvalue weighted by Gasteiger charge is -2.47. The highest BCUT2D eigenvalue weighted by Gasteiger charge is 2.40. The van der Waals surface area contributed by atoms with Crippen LogP contribution in [0.25, 0.3) is 0 Å². The zero-order valence-corrected chi connectivity index (χ0v) is 15.7. The van der Waals surface area contributed by atoms with Crippen molar-refractivity contribution >= 4 is 11.9 Å². The molecule has 1 spiro atoms. The van der Waals surface area contributed by atoms with Crippen molar-refractivity contribution in [3.05, 3.63) is 18.0 Å². The Hall–Kier alpha value is -2.11. The second-order valence-corrected chi connectivity index (χ2v) is 7.37. The third-order valence-electron chi connectivity index (χ3n) is 5.17. The van der Waals surface area contributed by atoms with Gasteiger partial charge in [0.1, 0.15) is 5.69 Å². The summed E-state index contributed by atoms with van der Waals surface area (Å²) in [6.45, 7) is 3.61. The molecule has 1 aromatic heterocycles. The predicted octanol–water partition coefficient (Wildman–Crippen LogP) is 3.44. The molecule has 0 atom stereocenters. The van der Waals surface area contributed by atoms with Gasteiger partial charge in [0.15, 0.2) is 0 Å². The second kappa shape index (κ2) is 8.72. The van der Waals surface area contributed by atoms with Gasteiger partial charge in [-0.05, 0) is 57.3 Å². The van der Waals surface area contributed by atoms with Crippen molar-refractivity contribution in [3.63, 3.8) is 0 Å². The first kappa shape index (κ1) is 23.2. The van der Waals surface area contributed by atoms with E-state index in [9.17, 15) is 26.3 Å². The molecule has 0 amide bonds. The van der Waals surface area contributed by atoms with Crippen LogP contribution in [0.3, 0.4) is 0 Å². The number of carboxylic acids is 1. The van der Waals surface area contributed by atoms with Gasteiger partial charge in [0.05, 0.1) is 0 Å². The number of hydrogen-bond donors (Lipinski definition) is 1. The number of aliphatic carboxylic acids is 1. The molecule has 0 radical (unpaired) electrons. The number of piperidine rings is 2. The molecule has 164 valence electrons. The van der Waals surface area contributed by atoms with E-state index in [1.54, 1.807) is 0 Å². The van der Waals surface area contributed by atoms with Gasteiger partial charge >= 0.3 is 18.3 Å². The highest BCUT2D eigenvalue weighted by atomic mass is 19.4. The van der Waals surface area contributed by atoms with E-state index in [2.05, 4.69) is 21.9 Å². The summed E-state index contributed by atoms with van der Waals surface area (Å²) in [5.74, 6) is -2.54. The molecule has 2 fully saturated rings. The van der Waals surface area contributed by atoms with Crippen LogP contribution in [0.15, 0.2) is 12.3 Å². The Morgan fingerprint density at radius 1 is 1.10 bits per heavy atom. The summed E-state index contributed by atoms with van der Waals surface area (Å²) in [6, 6.07) is 0.929. The Labute approximate surface area is 163 Å². The number of carboxylic acid groups (broad SMARTS) is 1. The first-order valence-corrected chi connectivity index (χ1v) is 8.96. The summed E-state index contributed by atoms with van der Waals surface area (Å²) in [7, 11) is 2.11. The number of nitrogens with zero attached hydrogens (tertiary/aromatic N) is 4. The molecule has 2 aliphatic rings. The van der Waals surface area contributed by atoms with Crippen LogP contribution in [-0.4, -0.2) is 65.3 Å². The van der Waals surface area contributed by atoms with E-state index >= 15 is 0 Å². The lowest BCUT2D eigenvalue weighted by atomic mass is 9.72. The molecule has 2 saturated heterocycles. The summed E-state index contributed by atoms with van der Waals surface area (Å²) in [5.41, 5.74) is -0.650. The Morgan fingerprint density at radius 3 is 2.21 bits per heavy atom. The number of hydrogen-bond acceptors (Lipinski definition) is 5. The van der Waals surface area contributed by atoms with Crippen molar-refractivity contribution in [2.45, 2.75) is 38.0 Å². The van der Waals surface area contributed by atoms with E-state index in [4.69, 9.17) is 9.90 Å². The van der Waals surface area contributed by atoms with Crippen LogP contribution >= 0.6 is 0 Å². The van der Waals surface area contributed by atoms with Gasteiger partial charge in [-0.2, -0.15) is 26.3 Å². The predicted molar refractivity (Wildman–Crippen MR) is 91.3 cm³/mol. The van der Waals surface area contributed by atoms with Crippen molar-refractivity contribution in [1.82, 2.24) is 14.9 Å². The second-order valence-electron chi connectivity index (χ2n) is 7.37. The number of likely N-dealkylation sites (tertiary alicyclic amines) is 1. The minimum Gasteiger partial charge on any atom is -0.475 e. The highest BCUT2D eigenvalue weighted by molar-refractivity contribution is 5.73. The fourth-order valence-electron chi connectivity index (χ4n) is 3.54. The van der Waals surface area contributed by atoms with Gasteiger partial charge in [-0.3, -0.25) is 0 Å². The highest BCUT2D eigenvalue weighted by Crippen LogP contribution is 2.40. The van der Waals surface area contributed by atoms with Gasteiger partial charge in [0.2, 0.25) is 5.95 Å². The topological polar surface area (TPSA) is 69.6 Å². The third-order valence-corrected chi connectivity index (χ3v) is 5.17. The van der Waals surface area contributed by atoms with Gasteiger partial charge in [-0.1, -0.05) is 0 Å². The Bertz CT molecular complexity index is 702. The molecule has 1 aromatic rings. The first-order valence-electron chi connectivity index (χ1n) is 8.96. The molecule has 3 rings (SSSR count). The molecule has 29 heavy (non-hydrogen) atoms. The number of carbonyl (C=O) groups is 1. The van der Waals surface area contributed by atoms with Crippen molar-refractivity contribution in [3.8, 4) is 0 Å². The van der Waals surface area contributed by atoms with Gasteiger partial charge in [-0.15, -0.1) is 0 Å². The number of aromatic nitrogens is 2. The maximum Gasteiger partial charge on any atom is 0.490 e. The zero-order chi connectivity index (χ0) is 21.9. The summed E-state index contributed by atoms with van der Waals surface area (Å²) in [5, 5.41) is 7.12. The maximum atomic E-state index is 12.8. The molecule has 2 aliphatic heterocycles. The maximum absolute atomic E-state index is 12.8. The van der Waals surface area contributed by atoms with E-state index in [0.29, 0.717) is 0 Å². The zero-order valence-electron chi connectivity index (χ0n) is 15.7. The normalized spacial score (nSPS) is 20.2. The lowest BCUT2D eigenvalue weighted by molar-refractivity contribution is -0.192. The first-order chi connectivity index (χ1) is 13.3. The average molecular weight is 428 g/mol. The molecule has 0 bridgehead atoms. The molecule has 6 nitrogen and oxygen atoms in total. The largest absolute Gasteiger partial charge is 0.490 e. The van der Waals surface area contributed by atoms with E-state index in [1.807, 2.05) is 4.90 Å². The third kappa shape index (κ3) is 6.44. The Morgan fingerprint density at radius 2 is 1.69 bits per heavy atom. The molecule has 12 heteroatoms. The molecule has 0 saturated carbocycles. The van der Waals surface area contributed by atoms with E-state index in [0.717, 1.165) is 57.9 Å².